The first-order valence-electron chi connectivity index (χ1n) is 6.79. The van der Waals surface area contributed by atoms with Crippen molar-refractivity contribution in [3.8, 4) is 5.75 Å². The molecule has 0 aromatic heterocycles. The Balaban J connectivity index is 2.17. The van der Waals surface area contributed by atoms with E-state index in [2.05, 4.69) is 4.90 Å². The van der Waals surface area contributed by atoms with Crippen LogP contribution in [0.15, 0.2) is 18.2 Å². The monoisotopic (exact) mass is 277 g/mol. The second kappa shape index (κ2) is 5.32. The maximum Gasteiger partial charge on any atom is 0.242 e. The van der Waals surface area contributed by atoms with E-state index in [9.17, 15) is 4.79 Å². The van der Waals surface area contributed by atoms with Crippen molar-refractivity contribution in [1.82, 2.24) is 9.80 Å². The molecule has 0 atom stereocenters. The number of piperazine rings is 1. The molecule has 1 saturated heterocycles. The van der Waals surface area contributed by atoms with E-state index in [1.807, 2.05) is 39.1 Å². The first-order valence-corrected chi connectivity index (χ1v) is 6.79. The van der Waals surface area contributed by atoms with Crippen molar-refractivity contribution in [2.45, 2.75) is 25.9 Å². The smallest absolute Gasteiger partial charge is 0.242 e. The minimum Gasteiger partial charge on any atom is -0.495 e. The van der Waals surface area contributed by atoms with Gasteiger partial charge in [-0.2, -0.15) is 0 Å². The highest BCUT2D eigenvalue weighted by Gasteiger charge is 2.40. The molecule has 2 N–H and O–H groups in total. The summed E-state index contributed by atoms with van der Waals surface area (Å²) in [5.74, 6) is 0.840. The van der Waals surface area contributed by atoms with E-state index in [0.717, 1.165) is 18.7 Å². The standard InChI is InChI=1S/C15H23N3O2/c1-15(2)14(19)17(3)7-8-18(15)10-11-5-6-13(20-4)12(16)9-11/h5-6,9H,7-8,10,16H2,1-4H3. The zero-order valence-electron chi connectivity index (χ0n) is 12.6. The van der Waals surface area contributed by atoms with Gasteiger partial charge in [-0.05, 0) is 31.5 Å². The third-order valence-electron chi connectivity index (χ3n) is 4.03. The topological polar surface area (TPSA) is 58.8 Å². The average Bonchev–Trinajstić information content (AvgIpc) is 2.40. The highest BCUT2D eigenvalue weighted by molar-refractivity contribution is 5.86. The van der Waals surface area contributed by atoms with Crippen LogP contribution >= 0.6 is 0 Å². The van der Waals surface area contributed by atoms with Gasteiger partial charge in [0.15, 0.2) is 0 Å². The zero-order valence-corrected chi connectivity index (χ0v) is 12.6. The number of nitrogens with zero attached hydrogens (tertiary/aromatic N) is 2. The molecule has 0 unspecified atom stereocenters. The summed E-state index contributed by atoms with van der Waals surface area (Å²) >= 11 is 0. The summed E-state index contributed by atoms with van der Waals surface area (Å²) in [7, 11) is 3.46. The van der Waals surface area contributed by atoms with E-state index < -0.39 is 5.54 Å². The molecular formula is C15H23N3O2. The highest BCUT2D eigenvalue weighted by atomic mass is 16.5. The minimum atomic E-state index is -0.484. The largest absolute Gasteiger partial charge is 0.495 e. The molecule has 1 fully saturated rings. The molecular weight excluding hydrogens is 254 g/mol. The Hall–Kier alpha value is -1.75. The Kier molecular flexibility index (Phi) is 3.90. The van der Waals surface area contributed by atoms with Gasteiger partial charge in [0.25, 0.3) is 0 Å². The Bertz CT molecular complexity index is 514. The fourth-order valence-electron chi connectivity index (χ4n) is 2.63. The molecule has 5 heteroatoms. The SMILES string of the molecule is COc1ccc(CN2CCN(C)C(=O)C2(C)C)cc1N. The number of anilines is 1. The lowest BCUT2D eigenvalue weighted by Crippen LogP contribution is -2.61. The number of ether oxygens (including phenoxy) is 1. The molecule has 110 valence electrons. The van der Waals surface area contributed by atoms with Gasteiger partial charge in [-0.25, -0.2) is 0 Å². The summed E-state index contributed by atoms with van der Waals surface area (Å²) in [6.45, 7) is 6.27. The Labute approximate surface area is 120 Å². The van der Waals surface area contributed by atoms with Crippen LogP contribution in [0.25, 0.3) is 0 Å². The van der Waals surface area contributed by atoms with Crippen LogP contribution in [0.4, 0.5) is 5.69 Å². The summed E-state index contributed by atoms with van der Waals surface area (Å²) in [6, 6.07) is 5.78. The van der Waals surface area contributed by atoms with Gasteiger partial charge in [-0.15, -0.1) is 0 Å². The van der Waals surface area contributed by atoms with Gasteiger partial charge in [0, 0.05) is 26.7 Å². The van der Waals surface area contributed by atoms with Crippen molar-refractivity contribution in [3.63, 3.8) is 0 Å². The predicted octanol–water partition coefficient (Wildman–Crippen LogP) is 1.33. The maximum absolute atomic E-state index is 12.3. The molecule has 0 saturated carbocycles. The Morgan fingerprint density at radius 1 is 1.35 bits per heavy atom. The van der Waals surface area contributed by atoms with Gasteiger partial charge < -0.3 is 15.4 Å². The number of carbonyl (C=O) groups excluding carboxylic acids is 1. The fraction of sp³-hybridized carbons (Fsp3) is 0.533. The summed E-state index contributed by atoms with van der Waals surface area (Å²) in [5, 5.41) is 0. The summed E-state index contributed by atoms with van der Waals surface area (Å²) in [4.78, 5) is 16.2. The molecule has 1 aromatic carbocycles. The normalized spacial score (nSPS) is 19.2. The van der Waals surface area contributed by atoms with Crippen molar-refractivity contribution in [1.29, 1.82) is 0 Å². The van der Waals surface area contributed by atoms with Gasteiger partial charge in [-0.3, -0.25) is 9.69 Å². The molecule has 0 radical (unpaired) electrons. The molecule has 1 aliphatic rings. The minimum absolute atomic E-state index is 0.158. The average molecular weight is 277 g/mol. The number of hydrogen-bond donors (Lipinski definition) is 1. The van der Waals surface area contributed by atoms with Crippen molar-refractivity contribution in [2.24, 2.45) is 0 Å². The van der Waals surface area contributed by atoms with Gasteiger partial charge in [-0.1, -0.05) is 6.07 Å². The molecule has 2 rings (SSSR count). The molecule has 0 bridgehead atoms. The number of methoxy groups -OCH3 is 1. The number of rotatable bonds is 3. The van der Waals surface area contributed by atoms with E-state index in [1.165, 1.54) is 0 Å². The van der Waals surface area contributed by atoms with Crippen LogP contribution in [0.2, 0.25) is 0 Å². The van der Waals surface area contributed by atoms with Gasteiger partial charge in [0.2, 0.25) is 5.91 Å². The van der Waals surface area contributed by atoms with Gasteiger partial charge in [0.05, 0.1) is 18.3 Å². The number of nitrogen functional groups attached to an aromatic ring is 1. The fourth-order valence-corrected chi connectivity index (χ4v) is 2.63. The first kappa shape index (κ1) is 14.7. The van der Waals surface area contributed by atoms with Crippen LogP contribution in [0, 0.1) is 0 Å². The van der Waals surface area contributed by atoms with Crippen LogP contribution in [-0.4, -0.2) is 48.5 Å². The number of benzene rings is 1. The molecule has 0 spiro atoms. The lowest BCUT2D eigenvalue weighted by Gasteiger charge is -2.44. The van der Waals surface area contributed by atoms with Crippen LogP contribution in [0.3, 0.4) is 0 Å². The second-order valence-corrected chi connectivity index (χ2v) is 5.78. The molecule has 1 amide bonds. The van der Waals surface area contributed by atoms with Crippen molar-refractivity contribution in [2.75, 3.05) is 33.0 Å². The van der Waals surface area contributed by atoms with E-state index in [4.69, 9.17) is 10.5 Å². The van der Waals surface area contributed by atoms with E-state index in [-0.39, 0.29) is 5.91 Å². The molecule has 0 aliphatic carbocycles. The summed E-state index contributed by atoms with van der Waals surface area (Å²) < 4.78 is 5.16. The third-order valence-corrected chi connectivity index (χ3v) is 4.03. The van der Waals surface area contributed by atoms with E-state index in [0.29, 0.717) is 18.0 Å². The van der Waals surface area contributed by atoms with Crippen molar-refractivity contribution < 1.29 is 9.53 Å². The molecule has 1 aromatic rings. The van der Waals surface area contributed by atoms with Crippen LogP contribution in [0.5, 0.6) is 5.75 Å². The van der Waals surface area contributed by atoms with Crippen molar-refractivity contribution in [3.05, 3.63) is 23.8 Å². The number of carbonyl (C=O) groups is 1. The molecule has 20 heavy (non-hydrogen) atoms. The number of amides is 1. The van der Waals surface area contributed by atoms with E-state index in [1.54, 1.807) is 12.0 Å². The van der Waals surface area contributed by atoms with Crippen LogP contribution in [0.1, 0.15) is 19.4 Å². The highest BCUT2D eigenvalue weighted by Crippen LogP contribution is 2.27. The third kappa shape index (κ3) is 2.58. The number of likely N-dealkylation sites (N-methyl/N-ethyl adjacent to an activating group) is 1. The predicted molar refractivity (Wildman–Crippen MR) is 79.5 cm³/mol. The molecule has 5 nitrogen and oxygen atoms in total. The number of nitrogens with two attached hydrogens (primary N) is 1. The van der Waals surface area contributed by atoms with Gasteiger partial charge >= 0.3 is 0 Å². The number of hydrogen-bond acceptors (Lipinski definition) is 4. The summed E-state index contributed by atoms with van der Waals surface area (Å²) in [6.07, 6.45) is 0. The van der Waals surface area contributed by atoms with Gasteiger partial charge in [0.1, 0.15) is 5.75 Å². The van der Waals surface area contributed by atoms with Crippen molar-refractivity contribution >= 4 is 11.6 Å². The zero-order chi connectivity index (χ0) is 14.9. The Morgan fingerprint density at radius 3 is 2.65 bits per heavy atom. The first-order chi connectivity index (χ1) is 9.36. The maximum atomic E-state index is 12.3. The van der Waals surface area contributed by atoms with Crippen LogP contribution in [-0.2, 0) is 11.3 Å². The van der Waals surface area contributed by atoms with E-state index >= 15 is 0 Å². The van der Waals surface area contributed by atoms with Crippen LogP contribution < -0.4 is 10.5 Å². The summed E-state index contributed by atoms with van der Waals surface area (Å²) in [5.41, 5.74) is 7.17. The molecule has 1 heterocycles. The molecule has 1 aliphatic heterocycles. The Morgan fingerprint density at radius 2 is 2.05 bits per heavy atom. The quantitative estimate of drug-likeness (QED) is 0.847. The second-order valence-electron chi connectivity index (χ2n) is 5.78. The lowest BCUT2D eigenvalue weighted by molar-refractivity contribution is -0.147. The lowest BCUT2D eigenvalue weighted by atomic mass is 9.97.